The molecule has 0 saturated carbocycles. The van der Waals surface area contributed by atoms with Crippen molar-refractivity contribution in [2.75, 3.05) is 19.9 Å². The zero-order valence-electron chi connectivity index (χ0n) is 11.1. The fourth-order valence-electron chi connectivity index (χ4n) is 2.38. The summed E-state index contributed by atoms with van der Waals surface area (Å²) in [5, 5.41) is 9.42. The highest BCUT2D eigenvalue weighted by Crippen LogP contribution is 2.32. The van der Waals surface area contributed by atoms with E-state index in [-0.39, 0.29) is 18.8 Å². The van der Waals surface area contributed by atoms with E-state index in [1.807, 2.05) is 18.2 Å². The standard InChI is InChI=1S/C15H17NO4/c17-12-5-7-16(8-6-12)15(18)4-2-11-1-3-13-14(9-11)20-10-19-13/h1-4,9,12,17H,5-8,10H2/b4-2+. The van der Waals surface area contributed by atoms with Crippen molar-refractivity contribution in [2.24, 2.45) is 0 Å². The molecule has 1 saturated heterocycles. The van der Waals surface area contributed by atoms with Crippen LogP contribution in [0.1, 0.15) is 18.4 Å². The van der Waals surface area contributed by atoms with Gasteiger partial charge < -0.3 is 19.5 Å². The lowest BCUT2D eigenvalue weighted by Gasteiger charge is -2.28. The molecule has 1 N–H and O–H groups in total. The predicted octanol–water partition coefficient (Wildman–Crippen LogP) is 1.41. The molecule has 5 nitrogen and oxygen atoms in total. The maximum Gasteiger partial charge on any atom is 0.246 e. The predicted molar refractivity (Wildman–Crippen MR) is 73.4 cm³/mol. The number of nitrogens with zero attached hydrogens (tertiary/aromatic N) is 1. The number of carbonyl (C=O) groups is 1. The third-order valence-corrected chi connectivity index (χ3v) is 3.59. The molecular weight excluding hydrogens is 258 g/mol. The van der Waals surface area contributed by atoms with Crippen LogP contribution in [0.3, 0.4) is 0 Å². The van der Waals surface area contributed by atoms with Gasteiger partial charge in [-0.1, -0.05) is 6.07 Å². The van der Waals surface area contributed by atoms with E-state index < -0.39 is 0 Å². The van der Waals surface area contributed by atoms with E-state index in [0.29, 0.717) is 31.7 Å². The molecule has 2 aliphatic heterocycles. The largest absolute Gasteiger partial charge is 0.454 e. The van der Waals surface area contributed by atoms with Crippen molar-refractivity contribution in [3.63, 3.8) is 0 Å². The first-order valence-electron chi connectivity index (χ1n) is 6.77. The summed E-state index contributed by atoms with van der Waals surface area (Å²) in [6, 6.07) is 5.58. The van der Waals surface area contributed by atoms with Crippen molar-refractivity contribution < 1.29 is 19.4 Å². The number of hydrogen-bond acceptors (Lipinski definition) is 4. The van der Waals surface area contributed by atoms with Crippen molar-refractivity contribution in [1.82, 2.24) is 4.90 Å². The molecule has 0 bridgehead atoms. The summed E-state index contributed by atoms with van der Waals surface area (Å²) in [4.78, 5) is 13.8. The Balaban J connectivity index is 1.63. The van der Waals surface area contributed by atoms with Crippen LogP contribution in [0.4, 0.5) is 0 Å². The number of aliphatic hydroxyl groups excluding tert-OH is 1. The molecule has 1 aromatic rings. The summed E-state index contributed by atoms with van der Waals surface area (Å²) >= 11 is 0. The SMILES string of the molecule is O=C(/C=C/c1ccc2c(c1)OCO2)N1CCC(O)CC1. The van der Waals surface area contributed by atoms with E-state index in [0.717, 1.165) is 11.3 Å². The topological polar surface area (TPSA) is 59.0 Å². The number of benzene rings is 1. The Labute approximate surface area is 117 Å². The molecular formula is C15H17NO4. The van der Waals surface area contributed by atoms with Gasteiger partial charge in [0, 0.05) is 19.2 Å². The van der Waals surface area contributed by atoms with Gasteiger partial charge in [0.1, 0.15) is 0 Å². The van der Waals surface area contributed by atoms with E-state index in [2.05, 4.69) is 0 Å². The summed E-state index contributed by atoms with van der Waals surface area (Å²) < 4.78 is 10.5. The van der Waals surface area contributed by atoms with Crippen molar-refractivity contribution in [1.29, 1.82) is 0 Å². The van der Waals surface area contributed by atoms with Crippen LogP contribution in [0.25, 0.3) is 6.08 Å². The van der Waals surface area contributed by atoms with E-state index in [9.17, 15) is 9.90 Å². The van der Waals surface area contributed by atoms with Gasteiger partial charge in [-0.05, 0) is 36.6 Å². The number of hydrogen-bond donors (Lipinski definition) is 1. The first kappa shape index (κ1) is 13.0. The highest BCUT2D eigenvalue weighted by Gasteiger charge is 2.19. The molecule has 1 fully saturated rings. The van der Waals surface area contributed by atoms with Gasteiger partial charge in [0.25, 0.3) is 0 Å². The average Bonchev–Trinajstić information content (AvgIpc) is 2.93. The minimum atomic E-state index is -0.267. The number of likely N-dealkylation sites (tertiary alicyclic amines) is 1. The number of rotatable bonds is 2. The quantitative estimate of drug-likeness (QED) is 0.829. The van der Waals surface area contributed by atoms with Crippen LogP contribution < -0.4 is 9.47 Å². The molecule has 0 spiro atoms. The lowest BCUT2D eigenvalue weighted by molar-refractivity contribution is -0.127. The molecule has 1 aromatic carbocycles. The number of ether oxygens (including phenoxy) is 2. The van der Waals surface area contributed by atoms with Gasteiger partial charge in [-0.15, -0.1) is 0 Å². The molecule has 2 aliphatic rings. The first-order valence-corrected chi connectivity index (χ1v) is 6.77. The second-order valence-electron chi connectivity index (χ2n) is 5.00. The third-order valence-electron chi connectivity index (χ3n) is 3.59. The van der Waals surface area contributed by atoms with Gasteiger partial charge in [0.2, 0.25) is 12.7 Å². The normalized spacial score (nSPS) is 18.8. The molecule has 0 radical (unpaired) electrons. The van der Waals surface area contributed by atoms with Crippen molar-refractivity contribution in [2.45, 2.75) is 18.9 Å². The molecule has 5 heteroatoms. The van der Waals surface area contributed by atoms with Crippen molar-refractivity contribution in [3.05, 3.63) is 29.8 Å². The number of piperidine rings is 1. The Hall–Kier alpha value is -2.01. The van der Waals surface area contributed by atoms with E-state index in [1.165, 1.54) is 0 Å². The summed E-state index contributed by atoms with van der Waals surface area (Å²) in [7, 11) is 0. The van der Waals surface area contributed by atoms with Crippen LogP contribution in [0.15, 0.2) is 24.3 Å². The first-order chi connectivity index (χ1) is 9.72. The van der Waals surface area contributed by atoms with E-state index in [1.54, 1.807) is 17.1 Å². The second kappa shape index (κ2) is 5.54. The fraction of sp³-hybridized carbons (Fsp3) is 0.400. The van der Waals surface area contributed by atoms with Crippen molar-refractivity contribution in [3.8, 4) is 11.5 Å². The molecule has 2 heterocycles. The minimum absolute atomic E-state index is 0.0189. The Morgan fingerprint density at radius 1 is 1.25 bits per heavy atom. The van der Waals surface area contributed by atoms with Crippen LogP contribution in [0, 0.1) is 0 Å². The van der Waals surface area contributed by atoms with E-state index in [4.69, 9.17) is 9.47 Å². The van der Waals surface area contributed by atoms with Gasteiger partial charge >= 0.3 is 0 Å². The molecule has 1 amide bonds. The molecule has 0 atom stereocenters. The van der Waals surface area contributed by atoms with Crippen LogP contribution in [0.2, 0.25) is 0 Å². The van der Waals surface area contributed by atoms with Crippen LogP contribution >= 0.6 is 0 Å². The molecule has 0 aliphatic carbocycles. The number of amides is 1. The summed E-state index contributed by atoms with van der Waals surface area (Å²) in [5.41, 5.74) is 0.902. The van der Waals surface area contributed by atoms with E-state index >= 15 is 0 Å². The highest BCUT2D eigenvalue weighted by atomic mass is 16.7. The molecule has 0 aromatic heterocycles. The maximum atomic E-state index is 12.0. The van der Waals surface area contributed by atoms with Gasteiger partial charge in [-0.25, -0.2) is 0 Å². The Morgan fingerprint density at radius 3 is 2.80 bits per heavy atom. The Morgan fingerprint density at radius 2 is 2.00 bits per heavy atom. The fourth-order valence-corrected chi connectivity index (χ4v) is 2.38. The highest BCUT2D eigenvalue weighted by molar-refractivity contribution is 5.91. The Bertz CT molecular complexity index is 533. The van der Waals surface area contributed by atoms with Gasteiger partial charge in [-0.3, -0.25) is 4.79 Å². The van der Waals surface area contributed by atoms with Crippen LogP contribution in [-0.4, -0.2) is 41.9 Å². The average molecular weight is 275 g/mol. The van der Waals surface area contributed by atoms with Gasteiger partial charge in [0.05, 0.1) is 6.10 Å². The number of fused-ring (bicyclic) bond motifs is 1. The van der Waals surface area contributed by atoms with Crippen molar-refractivity contribution >= 4 is 12.0 Å². The Kier molecular flexibility index (Phi) is 3.60. The molecule has 20 heavy (non-hydrogen) atoms. The summed E-state index contributed by atoms with van der Waals surface area (Å²) in [5.74, 6) is 1.42. The van der Waals surface area contributed by atoms with Gasteiger partial charge in [-0.2, -0.15) is 0 Å². The van der Waals surface area contributed by atoms with Crippen LogP contribution in [-0.2, 0) is 4.79 Å². The summed E-state index contributed by atoms with van der Waals surface area (Å²) in [6.45, 7) is 1.48. The zero-order chi connectivity index (χ0) is 13.9. The smallest absolute Gasteiger partial charge is 0.246 e. The lowest BCUT2D eigenvalue weighted by Crippen LogP contribution is -2.39. The molecule has 106 valence electrons. The zero-order valence-corrected chi connectivity index (χ0v) is 11.1. The monoisotopic (exact) mass is 275 g/mol. The maximum absolute atomic E-state index is 12.0. The second-order valence-corrected chi connectivity index (χ2v) is 5.00. The number of aliphatic hydroxyl groups is 1. The molecule has 3 rings (SSSR count). The number of carbonyl (C=O) groups excluding carboxylic acids is 1. The third kappa shape index (κ3) is 2.77. The van der Waals surface area contributed by atoms with Gasteiger partial charge in [0.15, 0.2) is 11.5 Å². The molecule has 0 unspecified atom stereocenters. The summed E-state index contributed by atoms with van der Waals surface area (Å²) in [6.07, 6.45) is 4.38. The van der Waals surface area contributed by atoms with Crippen LogP contribution in [0.5, 0.6) is 11.5 Å². The minimum Gasteiger partial charge on any atom is -0.454 e. The lowest BCUT2D eigenvalue weighted by atomic mass is 10.1.